The van der Waals surface area contributed by atoms with Crippen molar-refractivity contribution in [3.63, 3.8) is 0 Å². The van der Waals surface area contributed by atoms with Crippen LogP contribution in [-0.2, 0) is 26.5 Å². The van der Waals surface area contributed by atoms with Gasteiger partial charge in [-0.05, 0) is 58.5 Å². The molecule has 10 heteroatoms. The molecule has 3 aliphatic heterocycles. The van der Waals surface area contributed by atoms with Crippen LogP contribution in [0.4, 0.5) is 13.2 Å². The van der Waals surface area contributed by atoms with Crippen LogP contribution in [0.1, 0.15) is 42.5 Å². The molecule has 1 atom stereocenters. The van der Waals surface area contributed by atoms with Crippen molar-refractivity contribution in [2.75, 3.05) is 13.1 Å². The second-order valence-electron chi connectivity index (χ2n) is 9.29. The number of carbonyl (C=O) groups excluding carboxylic acids is 1. The molecule has 3 heterocycles. The fourth-order valence-electron chi connectivity index (χ4n) is 4.83. The molecule has 5 rings (SSSR count). The number of amides is 1. The molecule has 0 bridgehead atoms. The van der Waals surface area contributed by atoms with Crippen molar-refractivity contribution < 1.29 is 22.7 Å². The van der Waals surface area contributed by atoms with Crippen LogP contribution in [0, 0.1) is 5.92 Å². The van der Waals surface area contributed by atoms with E-state index in [1.54, 1.807) is 11.0 Å². The Labute approximate surface area is 209 Å². The van der Waals surface area contributed by atoms with Crippen molar-refractivity contribution in [3.05, 3.63) is 68.7 Å². The number of ether oxygens (including phenoxy) is 1. The van der Waals surface area contributed by atoms with Crippen molar-refractivity contribution in [1.82, 2.24) is 4.90 Å². The van der Waals surface area contributed by atoms with E-state index in [1.165, 1.54) is 18.2 Å². The third-order valence-corrected chi connectivity index (χ3v) is 8.32. The number of rotatable bonds is 3. The van der Waals surface area contributed by atoms with E-state index in [0.29, 0.717) is 42.9 Å². The minimum atomic E-state index is -4.57. The third kappa shape index (κ3) is 3.74. The molecule has 1 fully saturated rings. The molecule has 1 spiro atoms. The van der Waals surface area contributed by atoms with Crippen molar-refractivity contribution in [1.29, 1.82) is 0 Å². The van der Waals surface area contributed by atoms with Crippen LogP contribution in [0.15, 0.2) is 40.8 Å². The highest BCUT2D eigenvalue weighted by molar-refractivity contribution is 7.99. The normalized spacial score (nSPS) is 23.3. The monoisotopic (exact) mass is 528 g/mol. The maximum absolute atomic E-state index is 14.4. The summed E-state index contributed by atoms with van der Waals surface area (Å²) in [6.45, 7) is 5.05. The van der Waals surface area contributed by atoms with Gasteiger partial charge in [0.1, 0.15) is 5.60 Å². The van der Waals surface area contributed by atoms with Gasteiger partial charge in [0.2, 0.25) is 5.91 Å². The summed E-state index contributed by atoms with van der Waals surface area (Å²) in [6.07, 6.45) is -4.90. The first-order valence-electron chi connectivity index (χ1n) is 10.8. The summed E-state index contributed by atoms with van der Waals surface area (Å²) in [4.78, 5) is 14.0. The molecule has 0 radical (unpaired) electrons. The lowest BCUT2D eigenvalue weighted by Crippen LogP contribution is -2.61. The lowest BCUT2D eigenvalue weighted by Gasteiger charge is -2.48. The molecule has 2 aromatic rings. The largest absolute Gasteiger partial charge is 0.409 e. The summed E-state index contributed by atoms with van der Waals surface area (Å²) in [5, 5.41) is 0.288. The second kappa shape index (κ2) is 8.15. The summed E-state index contributed by atoms with van der Waals surface area (Å²) in [5.74, 6) is 0.00277. The first kappa shape index (κ1) is 24.0. The summed E-state index contributed by atoms with van der Waals surface area (Å²) >= 11 is 12.5. The number of nitrogens with zero attached hydrogens (tertiary/aromatic N) is 2. The van der Waals surface area contributed by atoms with Crippen LogP contribution in [-0.4, -0.2) is 35.8 Å². The highest BCUT2D eigenvalue weighted by atomic mass is 35.5. The average Bonchev–Trinajstić information content (AvgIpc) is 3.34. The second-order valence-corrected chi connectivity index (χ2v) is 11.2. The number of fused-ring (bicyclic) bond motifs is 2. The lowest BCUT2D eigenvalue weighted by molar-refractivity contribution is -0.171. The first-order valence-corrected chi connectivity index (χ1v) is 12.3. The quantitative estimate of drug-likeness (QED) is 0.426. The van der Waals surface area contributed by atoms with Gasteiger partial charge in [-0.25, -0.2) is 4.40 Å². The highest BCUT2D eigenvalue weighted by Gasteiger charge is 2.60. The molecule has 2 aromatic carbocycles. The molecule has 4 nitrogen and oxygen atoms in total. The van der Waals surface area contributed by atoms with Crippen molar-refractivity contribution in [2.45, 2.75) is 43.4 Å². The molecule has 0 aliphatic carbocycles. The van der Waals surface area contributed by atoms with Gasteiger partial charge >= 0.3 is 6.18 Å². The van der Waals surface area contributed by atoms with Gasteiger partial charge in [0.15, 0.2) is 4.75 Å². The van der Waals surface area contributed by atoms with Crippen molar-refractivity contribution in [2.24, 2.45) is 10.3 Å². The minimum Gasteiger partial charge on any atom is -0.362 e. The fraction of sp³-hybridized carbons (Fsp3) is 0.417. The number of hydrogen-bond donors (Lipinski definition) is 0. The van der Waals surface area contributed by atoms with Crippen LogP contribution in [0.25, 0.3) is 0 Å². The van der Waals surface area contributed by atoms with Crippen LogP contribution in [0.2, 0.25) is 10.0 Å². The van der Waals surface area contributed by atoms with Gasteiger partial charge in [-0.2, -0.15) is 13.2 Å². The Kier molecular flexibility index (Phi) is 5.75. The zero-order valence-electron chi connectivity index (χ0n) is 18.4. The van der Waals surface area contributed by atoms with E-state index in [4.69, 9.17) is 27.9 Å². The fourth-order valence-corrected chi connectivity index (χ4v) is 6.32. The zero-order chi connectivity index (χ0) is 24.5. The molecule has 1 saturated heterocycles. The highest BCUT2D eigenvalue weighted by Crippen LogP contribution is 2.57. The van der Waals surface area contributed by atoms with E-state index in [9.17, 15) is 18.0 Å². The molecule has 0 saturated carbocycles. The summed E-state index contributed by atoms with van der Waals surface area (Å²) in [5.41, 5.74) is 2.33. The number of hydrogen-bond acceptors (Lipinski definition) is 4. The summed E-state index contributed by atoms with van der Waals surface area (Å²) < 4.78 is 51.1. The molecule has 3 aliphatic rings. The Morgan fingerprint density at radius 1 is 1.15 bits per heavy atom. The molecule has 0 N–H and O–H groups in total. The van der Waals surface area contributed by atoms with Gasteiger partial charge in [-0.15, -0.1) is 0 Å². The van der Waals surface area contributed by atoms with Gasteiger partial charge < -0.3 is 9.64 Å². The number of carbonyl (C=O) groups is 1. The Morgan fingerprint density at radius 3 is 2.44 bits per heavy atom. The van der Waals surface area contributed by atoms with Crippen molar-refractivity contribution >= 4 is 46.8 Å². The Balaban J connectivity index is 1.41. The van der Waals surface area contributed by atoms with Crippen molar-refractivity contribution in [3.8, 4) is 0 Å². The Bertz CT molecular complexity index is 1190. The maximum atomic E-state index is 14.4. The Hall–Kier alpha value is -1.74. The molecule has 34 heavy (non-hydrogen) atoms. The first-order chi connectivity index (χ1) is 15.9. The van der Waals surface area contributed by atoms with Gasteiger partial charge in [-0.1, -0.05) is 49.2 Å². The number of likely N-dealkylation sites (tertiary alicyclic amines) is 1. The molecule has 0 aromatic heterocycles. The smallest absolute Gasteiger partial charge is 0.362 e. The number of halogens is 5. The third-order valence-electron chi connectivity index (χ3n) is 6.65. The van der Waals surface area contributed by atoms with E-state index in [2.05, 4.69) is 4.40 Å². The SMILES string of the molecule is CC(C)C(=O)N1CC2(C1)OCc1cc(C3=NSC(c4cc(Cl)cc(Cl)c4)(C(F)(F)F)C3)ccc12. The molecule has 1 unspecified atom stereocenters. The average molecular weight is 529 g/mol. The maximum Gasteiger partial charge on any atom is 0.409 e. The Morgan fingerprint density at radius 2 is 1.82 bits per heavy atom. The van der Waals surface area contributed by atoms with Crippen LogP contribution in [0.5, 0.6) is 0 Å². The van der Waals surface area contributed by atoms with Gasteiger partial charge in [-0.3, -0.25) is 4.79 Å². The lowest BCUT2D eigenvalue weighted by atomic mass is 9.83. The molecule has 180 valence electrons. The molecular formula is C24H21Cl2F3N2O2S. The standard InChI is InChI=1S/C24H21Cl2F3N2O2S/c1-13(2)21(32)31-11-22(12-31)19-4-3-14(5-15(19)10-33-22)20-9-23(34-30-20,24(27,28)29)16-6-17(25)8-18(26)7-16/h3-8,13H,9-12H2,1-2H3. The van der Waals surface area contributed by atoms with E-state index in [1.807, 2.05) is 26.0 Å². The zero-order valence-corrected chi connectivity index (χ0v) is 20.7. The molecule has 1 amide bonds. The van der Waals surface area contributed by atoms with E-state index >= 15 is 0 Å². The van der Waals surface area contributed by atoms with E-state index in [0.717, 1.165) is 11.1 Å². The number of benzene rings is 2. The van der Waals surface area contributed by atoms with E-state index < -0.39 is 16.5 Å². The van der Waals surface area contributed by atoms with E-state index in [-0.39, 0.29) is 33.9 Å². The van der Waals surface area contributed by atoms with Gasteiger partial charge in [0.05, 0.1) is 25.4 Å². The van der Waals surface area contributed by atoms with Gasteiger partial charge in [0, 0.05) is 22.4 Å². The van der Waals surface area contributed by atoms with Gasteiger partial charge in [0.25, 0.3) is 0 Å². The van der Waals surface area contributed by atoms with Crippen LogP contribution < -0.4 is 0 Å². The van der Waals surface area contributed by atoms with Crippen LogP contribution in [0.3, 0.4) is 0 Å². The van der Waals surface area contributed by atoms with Crippen LogP contribution >= 0.6 is 35.1 Å². The summed E-state index contributed by atoms with van der Waals surface area (Å²) in [7, 11) is 0. The predicted octanol–water partition coefficient (Wildman–Crippen LogP) is 6.52. The summed E-state index contributed by atoms with van der Waals surface area (Å²) in [6, 6.07) is 9.55. The molecular weight excluding hydrogens is 508 g/mol. The number of alkyl halides is 3. The predicted molar refractivity (Wildman–Crippen MR) is 127 cm³/mol. The minimum absolute atomic E-state index is 0.0194. The topological polar surface area (TPSA) is 41.9 Å².